The molecule has 2 atom stereocenters. The molecule has 23 heavy (non-hydrogen) atoms. The van der Waals surface area contributed by atoms with Crippen LogP contribution in [-0.4, -0.2) is 35.2 Å². The molecule has 0 bridgehead atoms. The van der Waals surface area contributed by atoms with Crippen molar-refractivity contribution in [3.63, 3.8) is 0 Å². The number of amides is 3. The molecular weight excluding hydrogens is 292 g/mol. The van der Waals surface area contributed by atoms with E-state index >= 15 is 0 Å². The molecular formula is C18H24N2O3. The number of rotatable bonds is 5. The molecule has 0 aliphatic carbocycles. The lowest BCUT2D eigenvalue weighted by Crippen LogP contribution is -2.53. The lowest BCUT2D eigenvalue weighted by molar-refractivity contribution is -0.142. The molecule has 5 heteroatoms. The minimum absolute atomic E-state index is 0.174. The Morgan fingerprint density at radius 3 is 2.65 bits per heavy atom. The van der Waals surface area contributed by atoms with Crippen molar-refractivity contribution in [1.29, 1.82) is 0 Å². The molecule has 0 aromatic rings. The number of carbonyl (C=O) groups excluding carboxylic acids is 3. The Hall–Kier alpha value is -2.17. The summed E-state index contributed by atoms with van der Waals surface area (Å²) >= 11 is 0. The first-order valence-corrected chi connectivity index (χ1v) is 8.11. The van der Waals surface area contributed by atoms with E-state index in [2.05, 4.69) is 25.7 Å². The molecule has 1 saturated heterocycles. The number of hydrogen-bond donors (Lipinski definition) is 1. The lowest BCUT2D eigenvalue weighted by atomic mass is 9.89. The predicted molar refractivity (Wildman–Crippen MR) is 88.3 cm³/mol. The van der Waals surface area contributed by atoms with Crippen LogP contribution in [0, 0.1) is 5.92 Å². The van der Waals surface area contributed by atoms with Gasteiger partial charge in [0.2, 0.25) is 11.8 Å². The standard InChI is InChI=1S/C18H24N2O3/c1-5-11(4)12(6-2)14-10-20(18(23)13(14)7-3)15-8-9-16(21)19-17(15)22/h6-7,11,15H,3,5,8-10H2,1-2,4H3,(H,19,21,22)/b12-6-. The van der Waals surface area contributed by atoms with Crippen LogP contribution in [0.4, 0.5) is 0 Å². The lowest BCUT2D eigenvalue weighted by Gasteiger charge is -2.30. The maximum atomic E-state index is 12.7. The summed E-state index contributed by atoms with van der Waals surface area (Å²) in [7, 11) is 0. The number of piperidine rings is 1. The predicted octanol–water partition coefficient (Wildman–Crippen LogP) is 2.11. The molecule has 2 unspecified atom stereocenters. The smallest absolute Gasteiger partial charge is 0.255 e. The zero-order valence-corrected chi connectivity index (χ0v) is 14.0. The highest BCUT2D eigenvalue weighted by atomic mass is 16.2. The molecule has 2 aliphatic heterocycles. The highest BCUT2D eigenvalue weighted by Gasteiger charge is 2.40. The molecule has 2 heterocycles. The third kappa shape index (κ3) is 3.14. The van der Waals surface area contributed by atoms with Gasteiger partial charge in [-0.15, -0.1) is 0 Å². The number of imide groups is 1. The second-order valence-corrected chi connectivity index (χ2v) is 6.05. The molecule has 3 amide bonds. The van der Waals surface area contributed by atoms with Crippen molar-refractivity contribution in [1.82, 2.24) is 10.2 Å². The largest absolute Gasteiger partial charge is 0.322 e. The summed E-state index contributed by atoms with van der Waals surface area (Å²) in [6, 6.07) is -0.581. The Labute approximate surface area is 137 Å². The van der Waals surface area contributed by atoms with Crippen LogP contribution < -0.4 is 5.32 Å². The van der Waals surface area contributed by atoms with Gasteiger partial charge in [-0.3, -0.25) is 19.7 Å². The molecule has 1 fully saturated rings. The van der Waals surface area contributed by atoms with E-state index in [9.17, 15) is 14.4 Å². The topological polar surface area (TPSA) is 66.5 Å². The fourth-order valence-electron chi connectivity index (χ4n) is 3.28. The average Bonchev–Trinajstić information content (AvgIpc) is 2.84. The minimum Gasteiger partial charge on any atom is -0.322 e. The molecule has 1 N–H and O–H groups in total. The fraction of sp³-hybridized carbons (Fsp3) is 0.500. The summed E-state index contributed by atoms with van der Waals surface area (Å²) in [6.45, 7) is 10.4. The monoisotopic (exact) mass is 316 g/mol. The van der Waals surface area contributed by atoms with Crippen LogP contribution in [0.2, 0.25) is 0 Å². The van der Waals surface area contributed by atoms with Gasteiger partial charge in [0.15, 0.2) is 0 Å². The van der Waals surface area contributed by atoms with Crippen LogP contribution in [0.3, 0.4) is 0 Å². The first-order chi connectivity index (χ1) is 10.9. The fourth-order valence-corrected chi connectivity index (χ4v) is 3.28. The first-order valence-electron chi connectivity index (χ1n) is 8.11. The van der Waals surface area contributed by atoms with Gasteiger partial charge in [0.1, 0.15) is 6.04 Å². The van der Waals surface area contributed by atoms with Crippen LogP contribution in [-0.2, 0) is 14.4 Å². The zero-order chi connectivity index (χ0) is 17.1. The van der Waals surface area contributed by atoms with Crippen molar-refractivity contribution in [3.8, 4) is 0 Å². The molecule has 0 aromatic carbocycles. The quantitative estimate of drug-likeness (QED) is 0.790. The van der Waals surface area contributed by atoms with Crippen LogP contribution >= 0.6 is 0 Å². The highest BCUT2D eigenvalue weighted by Crippen LogP contribution is 2.33. The van der Waals surface area contributed by atoms with Crippen LogP contribution in [0.15, 0.2) is 35.5 Å². The van der Waals surface area contributed by atoms with Crippen LogP contribution in [0.25, 0.3) is 0 Å². The van der Waals surface area contributed by atoms with Gasteiger partial charge in [0.25, 0.3) is 5.91 Å². The van der Waals surface area contributed by atoms with Crippen molar-refractivity contribution in [3.05, 3.63) is 35.5 Å². The van der Waals surface area contributed by atoms with E-state index in [1.54, 1.807) is 11.0 Å². The highest BCUT2D eigenvalue weighted by molar-refractivity contribution is 6.06. The summed E-state index contributed by atoms with van der Waals surface area (Å²) in [5, 5.41) is 2.32. The molecule has 5 nitrogen and oxygen atoms in total. The van der Waals surface area contributed by atoms with Crippen molar-refractivity contribution < 1.29 is 14.4 Å². The molecule has 0 radical (unpaired) electrons. The second-order valence-electron chi connectivity index (χ2n) is 6.05. The number of allylic oxidation sites excluding steroid dienone is 1. The third-order valence-corrected chi connectivity index (χ3v) is 4.74. The van der Waals surface area contributed by atoms with Gasteiger partial charge in [-0.1, -0.05) is 32.6 Å². The maximum absolute atomic E-state index is 12.7. The van der Waals surface area contributed by atoms with Crippen molar-refractivity contribution in [2.75, 3.05) is 6.54 Å². The minimum atomic E-state index is -0.581. The zero-order valence-electron chi connectivity index (χ0n) is 14.0. The number of carbonyl (C=O) groups is 3. The van der Waals surface area contributed by atoms with Gasteiger partial charge in [0.05, 0.1) is 0 Å². The summed E-state index contributed by atoms with van der Waals surface area (Å²) in [5.74, 6) is -0.500. The molecule has 2 aliphatic rings. The average molecular weight is 316 g/mol. The van der Waals surface area contributed by atoms with Gasteiger partial charge in [0, 0.05) is 18.5 Å². The van der Waals surface area contributed by atoms with Crippen molar-refractivity contribution in [2.24, 2.45) is 5.92 Å². The normalized spacial score (nSPS) is 24.1. The van der Waals surface area contributed by atoms with E-state index in [0.29, 0.717) is 24.5 Å². The summed E-state index contributed by atoms with van der Waals surface area (Å²) in [4.78, 5) is 37.7. The Bertz CT molecular complexity index is 616. The van der Waals surface area contributed by atoms with E-state index in [1.807, 2.05) is 13.0 Å². The maximum Gasteiger partial charge on any atom is 0.255 e. The van der Waals surface area contributed by atoms with Crippen molar-refractivity contribution in [2.45, 2.75) is 46.1 Å². The number of hydrogen-bond acceptors (Lipinski definition) is 3. The Morgan fingerprint density at radius 2 is 2.13 bits per heavy atom. The molecule has 0 aromatic heterocycles. The van der Waals surface area contributed by atoms with Gasteiger partial charge in [-0.2, -0.15) is 0 Å². The van der Waals surface area contributed by atoms with Gasteiger partial charge < -0.3 is 4.90 Å². The van der Waals surface area contributed by atoms with Crippen molar-refractivity contribution >= 4 is 17.7 Å². The second kappa shape index (κ2) is 6.94. The van der Waals surface area contributed by atoms with E-state index in [-0.39, 0.29) is 24.1 Å². The molecule has 2 rings (SSSR count). The van der Waals surface area contributed by atoms with Gasteiger partial charge in [-0.25, -0.2) is 0 Å². The number of nitrogens with one attached hydrogen (secondary N) is 1. The van der Waals surface area contributed by atoms with E-state index in [0.717, 1.165) is 17.6 Å². The SMILES string of the molecule is C=CC1=C(/C(=C\C)C(C)CC)CN(C2CCC(=O)NC2=O)C1=O. The van der Waals surface area contributed by atoms with Gasteiger partial charge >= 0.3 is 0 Å². The Kier molecular flexibility index (Phi) is 5.19. The third-order valence-electron chi connectivity index (χ3n) is 4.74. The van der Waals surface area contributed by atoms with E-state index in [1.165, 1.54) is 0 Å². The van der Waals surface area contributed by atoms with Crippen LogP contribution in [0.1, 0.15) is 40.0 Å². The van der Waals surface area contributed by atoms with Gasteiger partial charge in [-0.05, 0) is 36.8 Å². The Morgan fingerprint density at radius 1 is 1.43 bits per heavy atom. The number of nitrogens with zero attached hydrogens (tertiary/aromatic N) is 1. The Balaban J connectivity index is 2.30. The summed E-state index contributed by atoms with van der Waals surface area (Å²) in [5.41, 5.74) is 2.65. The van der Waals surface area contributed by atoms with E-state index in [4.69, 9.17) is 0 Å². The van der Waals surface area contributed by atoms with Crippen LogP contribution in [0.5, 0.6) is 0 Å². The summed E-state index contributed by atoms with van der Waals surface area (Å²) in [6.07, 6.45) is 5.23. The first kappa shape index (κ1) is 17.2. The molecule has 124 valence electrons. The molecule has 0 spiro atoms. The molecule has 0 saturated carbocycles. The summed E-state index contributed by atoms with van der Waals surface area (Å²) < 4.78 is 0. The van der Waals surface area contributed by atoms with E-state index < -0.39 is 6.04 Å².